The van der Waals surface area contributed by atoms with E-state index in [2.05, 4.69) is 5.32 Å². The molecule has 1 aromatic rings. The standard InChI is InChI=1S/C13H20ClNO3/c1-4-18-6-5-15-9-10-7-11(14)13(17-3)12(8-10)16-2/h7-8,15H,4-6,9H2,1-3H3. The Morgan fingerprint density at radius 2 is 2.00 bits per heavy atom. The van der Waals surface area contributed by atoms with Crippen molar-refractivity contribution >= 4 is 11.6 Å². The first kappa shape index (κ1) is 15.1. The number of hydrogen-bond donors (Lipinski definition) is 1. The number of methoxy groups -OCH3 is 2. The van der Waals surface area contributed by atoms with Gasteiger partial charge in [0.2, 0.25) is 0 Å². The summed E-state index contributed by atoms with van der Waals surface area (Å²) in [5.41, 5.74) is 1.05. The summed E-state index contributed by atoms with van der Waals surface area (Å²) in [5.74, 6) is 1.21. The Morgan fingerprint density at radius 1 is 1.22 bits per heavy atom. The molecule has 102 valence electrons. The molecule has 0 atom stereocenters. The Bertz CT molecular complexity index is 371. The monoisotopic (exact) mass is 273 g/mol. The quantitative estimate of drug-likeness (QED) is 0.739. The normalized spacial score (nSPS) is 10.4. The molecule has 0 heterocycles. The summed E-state index contributed by atoms with van der Waals surface area (Å²) in [4.78, 5) is 0. The van der Waals surface area contributed by atoms with Gasteiger partial charge < -0.3 is 19.5 Å². The van der Waals surface area contributed by atoms with E-state index in [0.29, 0.717) is 29.7 Å². The fraction of sp³-hybridized carbons (Fsp3) is 0.538. The molecule has 0 unspecified atom stereocenters. The molecule has 18 heavy (non-hydrogen) atoms. The van der Waals surface area contributed by atoms with Crippen LogP contribution in [0, 0.1) is 0 Å². The van der Waals surface area contributed by atoms with Crippen LogP contribution in [-0.2, 0) is 11.3 Å². The minimum Gasteiger partial charge on any atom is -0.493 e. The zero-order chi connectivity index (χ0) is 13.4. The van der Waals surface area contributed by atoms with Gasteiger partial charge in [-0.2, -0.15) is 0 Å². The van der Waals surface area contributed by atoms with E-state index in [1.54, 1.807) is 14.2 Å². The first-order valence-corrected chi connectivity index (χ1v) is 6.29. The summed E-state index contributed by atoms with van der Waals surface area (Å²) in [6.07, 6.45) is 0. The molecule has 0 bridgehead atoms. The zero-order valence-electron chi connectivity index (χ0n) is 11.1. The molecule has 0 fully saturated rings. The van der Waals surface area contributed by atoms with Gasteiger partial charge in [-0.05, 0) is 24.6 Å². The Hall–Kier alpha value is -0.970. The molecule has 0 saturated carbocycles. The van der Waals surface area contributed by atoms with Crippen LogP contribution < -0.4 is 14.8 Å². The molecule has 1 N–H and O–H groups in total. The maximum absolute atomic E-state index is 6.12. The second-order valence-electron chi connectivity index (χ2n) is 3.69. The number of benzene rings is 1. The number of rotatable bonds is 8. The van der Waals surface area contributed by atoms with E-state index < -0.39 is 0 Å². The van der Waals surface area contributed by atoms with E-state index in [1.807, 2.05) is 19.1 Å². The highest BCUT2D eigenvalue weighted by Gasteiger charge is 2.10. The summed E-state index contributed by atoms with van der Waals surface area (Å²) in [6.45, 7) is 4.95. The molecule has 0 amide bonds. The molecular formula is C13H20ClNO3. The molecule has 5 heteroatoms. The summed E-state index contributed by atoms with van der Waals surface area (Å²) in [5, 5.41) is 3.83. The Labute approximate surface area is 113 Å². The van der Waals surface area contributed by atoms with E-state index in [9.17, 15) is 0 Å². The lowest BCUT2D eigenvalue weighted by Crippen LogP contribution is -2.19. The highest BCUT2D eigenvalue weighted by molar-refractivity contribution is 6.32. The largest absolute Gasteiger partial charge is 0.493 e. The van der Waals surface area contributed by atoms with Gasteiger partial charge in [0.05, 0.1) is 25.8 Å². The first-order valence-electron chi connectivity index (χ1n) is 5.91. The van der Waals surface area contributed by atoms with E-state index in [0.717, 1.165) is 18.7 Å². The van der Waals surface area contributed by atoms with E-state index in [1.165, 1.54) is 0 Å². The minimum atomic E-state index is 0.554. The smallest absolute Gasteiger partial charge is 0.179 e. The van der Waals surface area contributed by atoms with Gasteiger partial charge in [-0.15, -0.1) is 0 Å². The molecule has 0 aliphatic carbocycles. The van der Waals surface area contributed by atoms with Crippen LogP contribution in [0.1, 0.15) is 12.5 Å². The van der Waals surface area contributed by atoms with Gasteiger partial charge in [0, 0.05) is 19.7 Å². The third-order valence-electron chi connectivity index (χ3n) is 2.45. The fourth-order valence-electron chi connectivity index (χ4n) is 1.59. The third kappa shape index (κ3) is 4.37. The molecule has 1 aromatic carbocycles. The van der Waals surface area contributed by atoms with Crippen LogP contribution >= 0.6 is 11.6 Å². The second kappa shape index (κ2) is 8.19. The predicted octanol–water partition coefficient (Wildman–Crippen LogP) is 2.48. The van der Waals surface area contributed by atoms with Crippen molar-refractivity contribution in [2.75, 3.05) is 34.0 Å². The highest BCUT2D eigenvalue weighted by Crippen LogP contribution is 2.35. The number of ether oxygens (including phenoxy) is 3. The summed E-state index contributed by atoms with van der Waals surface area (Å²) in [7, 11) is 3.17. The van der Waals surface area contributed by atoms with Crippen molar-refractivity contribution in [1.29, 1.82) is 0 Å². The van der Waals surface area contributed by atoms with Gasteiger partial charge >= 0.3 is 0 Å². The molecule has 0 saturated heterocycles. The Kier molecular flexibility index (Phi) is 6.86. The van der Waals surface area contributed by atoms with Crippen LogP contribution in [0.5, 0.6) is 11.5 Å². The van der Waals surface area contributed by atoms with Crippen LogP contribution in [0.4, 0.5) is 0 Å². The molecular weight excluding hydrogens is 254 g/mol. The van der Waals surface area contributed by atoms with E-state index in [4.69, 9.17) is 25.8 Å². The van der Waals surface area contributed by atoms with Crippen LogP contribution in [0.15, 0.2) is 12.1 Å². The molecule has 0 aliphatic heterocycles. The lowest BCUT2D eigenvalue weighted by atomic mass is 10.2. The number of halogens is 1. The van der Waals surface area contributed by atoms with Gasteiger partial charge in [-0.3, -0.25) is 0 Å². The lowest BCUT2D eigenvalue weighted by molar-refractivity contribution is 0.149. The second-order valence-corrected chi connectivity index (χ2v) is 4.09. The van der Waals surface area contributed by atoms with Gasteiger partial charge in [0.25, 0.3) is 0 Å². The van der Waals surface area contributed by atoms with Crippen molar-refractivity contribution in [1.82, 2.24) is 5.32 Å². The van der Waals surface area contributed by atoms with Gasteiger partial charge in [-0.1, -0.05) is 11.6 Å². The predicted molar refractivity (Wildman–Crippen MR) is 72.8 cm³/mol. The maximum atomic E-state index is 6.12. The molecule has 0 aromatic heterocycles. The Morgan fingerprint density at radius 3 is 2.61 bits per heavy atom. The highest BCUT2D eigenvalue weighted by atomic mass is 35.5. The van der Waals surface area contributed by atoms with Crippen molar-refractivity contribution in [3.63, 3.8) is 0 Å². The third-order valence-corrected chi connectivity index (χ3v) is 2.73. The van der Waals surface area contributed by atoms with Gasteiger partial charge in [0.1, 0.15) is 0 Å². The fourth-order valence-corrected chi connectivity index (χ4v) is 1.91. The van der Waals surface area contributed by atoms with E-state index in [-0.39, 0.29) is 0 Å². The zero-order valence-corrected chi connectivity index (χ0v) is 11.8. The summed E-state index contributed by atoms with van der Waals surface area (Å²) in [6, 6.07) is 3.79. The Balaban J connectivity index is 2.58. The summed E-state index contributed by atoms with van der Waals surface area (Å²) < 4.78 is 15.7. The van der Waals surface area contributed by atoms with Crippen molar-refractivity contribution < 1.29 is 14.2 Å². The number of nitrogens with one attached hydrogen (secondary N) is 1. The minimum absolute atomic E-state index is 0.554. The topological polar surface area (TPSA) is 39.7 Å². The summed E-state index contributed by atoms with van der Waals surface area (Å²) >= 11 is 6.12. The molecule has 0 aliphatic rings. The lowest BCUT2D eigenvalue weighted by Gasteiger charge is -2.12. The van der Waals surface area contributed by atoms with Crippen LogP contribution in [-0.4, -0.2) is 34.0 Å². The SMILES string of the molecule is CCOCCNCc1cc(Cl)c(OC)c(OC)c1. The van der Waals surface area contributed by atoms with Crippen molar-refractivity contribution in [2.24, 2.45) is 0 Å². The molecule has 1 rings (SSSR count). The molecule has 0 spiro atoms. The van der Waals surface area contributed by atoms with Gasteiger partial charge in [0.15, 0.2) is 11.5 Å². The average Bonchev–Trinajstić information content (AvgIpc) is 2.37. The number of hydrogen-bond acceptors (Lipinski definition) is 4. The average molecular weight is 274 g/mol. The van der Waals surface area contributed by atoms with Crippen molar-refractivity contribution in [2.45, 2.75) is 13.5 Å². The molecule has 4 nitrogen and oxygen atoms in total. The molecule has 0 radical (unpaired) electrons. The van der Waals surface area contributed by atoms with Crippen LogP contribution in [0.2, 0.25) is 5.02 Å². The van der Waals surface area contributed by atoms with E-state index >= 15 is 0 Å². The van der Waals surface area contributed by atoms with Crippen LogP contribution in [0.3, 0.4) is 0 Å². The first-order chi connectivity index (χ1) is 8.72. The van der Waals surface area contributed by atoms with Crippen molar-refractivity contribution in [3.05, 3.63) is 22.7 Å². The van der Waals surface area contributed by atoms with Crippen LogP contribution in [0.25, 0.3) is 0 Å². The maximum Gasteiger partial charge on any atom is 0.179 e. The van der Waals surface area contributed by atoms with Gasteiger partial charge in [-0.25, -0.2) is 0 Å². The van der Waals surface area contributed by atoms with Crippen molar-refractivity contribution in [3.8, 4) is 11.5 Å².